The lowest BCUT2D eigenvalue weighted by Crippen LogP contribution is -2.33. The van der Waals surface area contributed by atoms with Crippen molar-refractivity contribution in [3.63, 3.8) is 0 Å². The van der Waals surface area contributed by atoms with Gasteiger partial charge in [-0.1, -0.05) is 12.1 Å². The molecule has 0 radical (unpaired) electrons. The van der Waals surface area contributed by atoms with Crippen molar-refractivity contribution in [2.75, 3.05) is 6.61 Å². The number of ether oxygens (including phenoxy) is 1. The zero-order valence-electron chi connectivity index (χ0n) is 9.58. The van der Waals surface area contributed by atoms with Crippen molar-refractivity contribution in [1.82, 2.24) is 9.97 Å². The molecule has 0 saturated carbocycles. The van der Waals surface area contributed by atoms with Crippen LogP contribution in [0, 0.1) is 0 Å². The summed E-state index contributed by atoms with van der Waals surface area (Å²) in [5.74, 6) is -1.59. The monoisotopic (exact) mass is 230 g/mol. The molecule has 2 aromatic heterocycles. The minimum atomic E-state index is -1.59. The molecule has 0 aliphatic rings. The van der Waals surface area contributed by atoms with Crippen LogP contribution in [-0.4, -0.2) is 21.7 Å². The van der Waals surface area contributed by atoms with Crippen molar-refractivity contribution in [1.29, 1.82) is 0 Å². The maximum absolute atomic E-state index is 10.6. The van der Waals surface area contributed by atoms with E-state index < -0.39 is 5.79 Å². The van der Waals surface area contributed by atoms with Crippen LogP contribution in [0.5, 0.6) is 0 Å². The summed E-state index contributed by atoms with van der Waals surface area (Å²) in [6, 6.07) is 10.6. The maximum Gasteiger partial charge on any atom is 0.254 e. The summed E-state index contributed by atoms with van der Waals surface area (Å²) < 4.78 is 5.43. The fourth-order valence-corrected chi connectivity index (χ4v) is 1.61. The van der Waals surface area contributed by atoms with E-state index in [0.29, 0.717) is 18.0 Å². The van der Waals surface area contributed by atoms with Gasteiger partial charge in [0.15, 0.2) is 0 Å². The minimum absolute atomic E-state index is 0.365. The number of nitrogens with zero attached hydrogens (tertiary/aromatic N) is 2. The second-order valence-electron chi connectivity index (χ2n) is 3.51. The van der Waals surface area contributed by atoms with Gasteiger partial charge in [0.25, 0.3) is 5.79 Å². The highest BCUT2D eigenvalue weighted by Crippen LogP contribution is 2.27. The standard InChI is InChI=1S/C13H14N2O2/c1-2-17-13(16,11-7-3-5-9-14-11)12-8-4-6-10-15-12/h3-10,16H,2H2,1H3. The van der Waals surface area contributed by atoms with Crippen LogP contribution in [0.3, 0.4) is 0 Å². The Morgan fingerprint density at radius 3 is 1.94 bits per heavy atom. The molecule has 1 N–H and O–H groups in total. The van der Waals surface area contributed by atoms with Crippen LogP contribution in [0.1, 0.15) is 18.3 Å². The molecular weight excluding hydrogens is 216 g/mol. The summed E-state index contributed by atoms with van der Waals surface area (Å²) in [5, 5.41) is 10.6. The third-order valence-corrected chi connectivity index (χ3v) is 2.38. The Labute approximate surface area is 99.9 Å². The van der Waals surface area contributed by atoms with E-state index in [0.717, 1.165) is 0 Å². The largest absolute Gasteiger partial charge is 0.356 e. The van der Waals surface area contributed by atoms with E-state index in [9.17, 15) is 5.11 Å². The van der Waals surface area contributed by atoms with E-state index in [4.69, 9.17) is 4.74 Å². The fourth-order valence-electron chi connectivity index (χ4n) is 1.61. The summed E-state index contributed by atoms with van der Waals surface area (Å²) in [6.07, 6.45) is 3.23. The van der Waals surface area contributed by atoms with Gasteiger partial charge < -0.3 is 9.84 Å². The molecule has 2 aromatic rings. The Morgan fingerprint density at radius 1 is 1.06 bits per heavy atom. The molecule has 4 nitrogen and oxygen atoms in total. The molecule has 0 aliphatic heterocycles. The molecule has 0 amide bonds. The second kappa shape index (κ2) is 5.03. The van der Waals surface area contributed by atoms with Crippen molar-refractivity contribution >= 4 is 0 Å². The molecule has 0 atom stereocenters. The number of hydrogen-bond donors (Lipinski definition) is 1. The second-order valence-corrected chi connectivity index (χ2v) is 3.51. The van der Waals surface area contributed by atoms with Gasteiger partial charge in [-0.2, -0.15) is 0 Å². The van der Waals surface area contributed by atoms with Crippen LogP contribution >= 0.6 is 0 Å². The van der Waals surface area contributed by atoms with Crippen molar-refractivity contribution in [2.24, 2.45) is 0 Å². The lowest BCUT2D eigenvalue weighted by molar-refractivity contribution is -0.182. The molecule has 0 fully saturated rings. The Hall–Kier alpha value is -1.78. The Bertz CT molecular complexity index is 420. The molecule has 0 bridgehead atoms. The quantitative estimate of drug-likeness (QED) is 0.812. The fraction of sp³-hybridized carbons (Fsp3) is 0.231. The first-order chi connectivity index (χ1) is 8.27. The van der Waals surface area contributed by atoms with E-state index >= 15 is 0 Å². The van der Waals surface area contributed by atoms with Crippen LogP contribution in [0.4, 0.5) is 0 Å². The van der Waals surface area contributed by atoms with Crippen LogP contribution < -0.4 is 0 Å². The topological polar surface area (TPSA) is 55.2 Å². The minimum Gasteiger partial charge on any atom is -0.356 e. The molecule has 0 aliphatic carbocycles. The van der Waals surface area contributed by atoms with Gasteiger partial charge in [0.2, 0.25) is 0 Å². The van der Waals surface area contributed by atoms with E-state index in [1.807, 2.05) is 6.92 Å². The Kier molecular flexibility index (Phi) is 3.46. The molecule has 2 heterocycles. The Balaban J connectivity index is 2.47. The normalized spacial score (nSPS) is 11.4. The average Bonchev–Trinajstić information content (AvgIpc) is 2.41. The lowest BCUT2D eigenvalue weighted by Gasteiger charge is -2.26. The van der Waals surface area contributed by atoms with Gasteiger partial charge in [0.05, 0.1) is 0 Å². The third kappa shape index (κ3) is 2.33. The zero-order valence-corrected chi connectivity index (χ0v) is 9.58. The maximum atomic E-state index is 10.6. The molecule has 88 valence electrons. The van der Waals surface area contributed by atoms with Crippen LogP contribution in [0.2, 0.25) is 0 Å². The van der Waals surface area contributed by atoms with Crippen LogP contribution in [0.25, 0.3) is 0 Å². The highest BCUT2D eigenvalue weighted by molar-refractivity contribution is 5.23. The van der Waals surface area contributed by atoms with E-state index in [2.05, 4.69) is 9.97 Å². The van der Waals surface area contributed by atoms with Crippen molar-refractivity contribution in [2.45, 2.75) is 12.7 Å². The molecule has 0 aromatic carbocycles. The highest BCUT2D eigenvalue weighted by atomic mass is 16.6. The van der Waals surface area contributed by atoms with Gasteiger partial charge in [-0.3, -0.25) is 9.97 Å². The van der Waals surface area contributed by atoms with Crippen molar-refractivity contribution in [3.05, 3.63) is 60.2 Å². The third-order valence-electron chi connectivity index (χ3n) is 2.38. The predicted molar refractivity (Wildman–Crippen MR) is 63.1 cm³/mol. The molecule has 17 heavy (non-hydrogen) atoms. The first kappa shape index (κ1) is 11.7. The molecule has 0 unspecified atom stereocenters. The number of aromatic nitrogens is 2. The highest BCUT2D eigenvalue weighted by Gasteiger charge is 2.35. The van der Waals surface area contributed by atoms with Gasteiger partial charge in [0.1, 0.15) is 11.4 Å². The molecular formula is C13H14N2O2. The molecule has 0 saturated heterocycles. The van der Waals surface area contributed by atoms with Crippen LogP contribution in [0.15, 0.2) is 48.8 Å². The SMILES string of the molecule is CCOC(O)(c1ccccn1)c1ccccn1. The van der Waals surface area contributed by atoms with E-state index in [1.54, 1.807) is 48.8 Å². The van der Waals surface area contributed by atoms with Crippen molar-refractivity contribution in [3.8, 4) is 0 Å². The van der Waals surface area contributed by atoms with E-state index in [1.165, 1.54) is 0 Å². The van der Waals surface area contributed by atoms with Crippen LogP contribution in [-0.2, 0) is 10.5 Å². The van der Waals surface area contributed by atoms with Gasteiger partial charge in [0, 0.05) is 19.0 Å². The molecule has 4 heteroatoms. The Morgan fingerprint density at radius 2 is 1.59 bits per heavy atom. The number of rotatable bonds is 4. The number of pyridine rings is 2. The molecule has 2 rings (SSSR count). The van der Waals surface area contributed by atoms with Gasteiger partial charge in [-0.25, -0.2) is 0 Å². The summed E-state index contributed by atoms with van der Waals surface area (Å²) in [4.78, 5) is 8.26. The van der Waals surface area contributed by atoms with Gasteiger partial charge in [-0.05, 0) is 31.2 Å². The number of aliphatic hydroxyl groups is 1. The summed E-state index contributed by atoms with van der Waals surface area (Å²) in [7, 11) is 0. The summed E-state index contributed by atoms with van der Waals surface area (Å²) in [5.41, 5.74) is 0.862. The van der Waals surface area contributed by atoms with E-state index in [-0.39, 0.29) is 0 Å². The summed E-state index contributed by atoms with van der Waals surface area (Å²) in [6.45, 7) is 2.18. The summed E-state index contributed by atoms with van der Waals surface area (Å²) >= 11 is 0. The van der Waals surface area contributed by atoms with Gasteiger partial charge in [-0.15, -0.1) is 0 Å². The predicted octanol–water partition coefficient (Wildman–Crippen LogP) is 1.71. The zero-order chi connectivity index (χ0) is 12.1. The smallest absolute Gasteiger partial charge is 0.254 e. The van der Waals surface area contributed by atoms with Crippen molar-refractivity contribution < 1.29 is 9.84 Å². The first-order valence-corrected chi connectivity index (χ1v) is 5.46. The van der Waals surface area contributed by atoms with Gasteiger partial charge >= 0.3 is 0 Å². The number of hydrogen-bond acceptors (Lipinski definition) is 4. The lowest BCUT2D eigenvalue weighted by atomic mass is 10.1. The molecule has 0 spiro atoms. The average molecular weight is 230 g/mol. The first-order valence-electron chi connectivity index (χ1n) is 5.46.